The molecule has 0 saturated heterocycles. The number of nitro groups is 1. The van der Waals surface area contributed by atoms with Crippen LogP contribution in [0.2, 0.25) is 0 Å². The maximum atomic E-state index is 11.7. The van der Waals surface area contributed by atoms with E-state index in [1.165, 1.54) is 19.1 Å². The lowest BCUT2D eigenvalue weighted by atomic mass is 10.1. The number of rotatable bonds is 13. The topological polar surface area (TPSA) is 210 Å². The summed E-state index contributed by atoms with van der Waals surface area (Å²) in [6, 6.07) is 4.56. The van der Waals surface area contributed by atoms with E-state index in [4.69, 9.17) is 14.2 Å². The van der Waals surface area contributed by atoms with Crippen LogP contribution < -0.4 is 4.74 Å². The maximum Gasteiger partial charge on any atom is 0.516 e. The van der Waals surface area contributed by atoms with E-state index in [9.17, 15) is 39.9 Å². The zero-order valence-electron chi connectivity index (χ0n) is 15.9. The van der Waals surface area contributed by atoms with Crippen molar-refractivity contribution in [3.63, 3.8) is 0 Å². The van der Waals surface area contributed by atoms with Crippen molar-refractivity contribution in [1.82, 2.24) is 0 Å². The molecule has 2 atom stereocenters. The molecule has 16 nitrogen and oxygen atoms in total. The van der Waals surface area contributed by atoms with E-state index >= 15 is 0 Å². The van der Waals surface area contributed by atoms with Crippen molar-refractivity contribution in [3.05, 3.63) is 54.6 Å². The molecule has 2 unspecified atom stereocenters. The molecule has 0 aliphatic carbocycles. The summed E-state index contributed by atoms with van der Waals surface area (Å²) >= 11 is 0. The van der Waals surface area contributed by atoms with Gasteiger partial charge in [-0.1, -0.05) is 0 Å². The fourth-order valence-electron chi connectivity index (χ4n) is 2.07. The quantitative estimate of drug-likeness (QED) is 0.139. The Morgan fingerprint density at radius 1 is 1.00 bits per heavy atom. The molecule has 0 aliphatic heterocycles. The molecule has 0 aromatic heterocycles. The zero-order chi connectivity index (χ0) is 23.4. The summed E-state index contributed by atoms with van der Waals surface area (Å²) in [5.41, 5.74) is -0.209. The van der Waals surface area contributed by atoms with Crippen LogP contribution in [-0.4, -0.2) is 46.2 Å². The van der Waals surface area contributed by atoms with Gasteiger partial charge in [-0.3, -0.25) is 14.9 Å². The fourth-order valence-corrected chi connectivity index (χ4v) is 2.07. The van der Waals surface area contributed by atoms with Gasteiger partial charge in [0.05, 0.1) is 4.92 Å². The van der Waals surface area contributed by atoms with Crippen LogP contribution in [0.3, 0.4) is 0 Å². The van der Waals surface area contributed by atoms with Gasteiger partial charge in [-0.05, 0) is 25.0 Å². The first-order valence-electron chi connectivity index (χ1n) is 8.47. The van der Waals surface area contributed by atoms with Crippen LogP contribution >= 0.6 is 0 Å². The molecule has 0 spiro atoms. The third kappa shape index (κ3) is 10.8. The summed E-state index contributed by atoms with van der Waals surface area (Å²) in [7, 11) is 0. The Morgan fingerprint density at radius 2 is 1.65 bits per heavy atom. The Bertz CT molecular complexity index is 798. The van der Waals surface area contributed by atoms with Crippen LogP contribution in [0, 0.1) is 30.3 Å². The average Bonchev–Trinajstić information content (AvgIpc) is 2.65. The minimum absolute atomic E-state index is 0.00161. The molecule has 0 amide bonds. The second-order valence-corrected chi connectivity index (χ2v) is 5.64. The average molecular weight is 447 g/mol. The molecular weight excluding hydrogens is 430 g/mol. The van der Waals surface area contributed by atoms with Crippen molar-refractivity contribution in [2.45, 2.75) is 38.6 Å². The number of hydrogen-bond acceptors (Lipinski definition) is 13. The standard InChI is InChI=1S/C15H17N3O13/c1-10(29-15(20)30-12-7-5-11(6-8-12)16(21)22)28-14(19)4-2-3-13(31-18(25)26)9-27-17(23)24/h5-8,10,13H,2-4,9H2,1H3. The second-order valence-electron chi connectivity index (χ2n) is 5.64. The second kappa shape index (κ2) is 12.3. The third-order valence-corrected chi connectivity index (χ3v) is 3.32. The molecule has 0 aliphatic rings. The number of nitrogens with zero attached hydrogens (tertiary/aromatic N) is 3. The molecule has 1 aromatic carbocycles. The lowest BCUT2D eigenvalue weighted by molar-refractivity contribution is -0.790. The normalized spacial score (nSPS) is 12.0. The molecule has 0 heterocycles. The van der Waals surface area contributed by atoms with Crippen molar-refractivity contribution in [3.8, 4) is 5.75 Å². The molecule has 16 heteroatoms. The Hall–Kier alpha value is -4.24. The Balaban J connectivity index is 2.36. The molecule has 1 rings (SSSR count). The molecule has 0 saturated carbocycles. The van der Waals surface area contributed by atoms with E-state index in [2.05, 4.69) is 9.68 Å². The molecule has 0 fully saturated rings. The fraction of sp³-hybridized carbons (Fsp3) is 0.467. The summed E-state index contributed by atoms with van der Waals surface area (Å²) in [4.78, 5) is 62.0. The summed E-state index contributed by atoms with van der Waals surface area (Å²) in [5.74, 6) is -0.867. The summed E-state index contributed by atoms with van der Waals surface area (Å²) in [5, 5.41) is 28.8. The van der Waals surface area contributed by atoms with Crippen LogP contribution in [0.1, 0.15) is 26.2 Å². The highest BCUT2D eigenvalue weighted by Crippen LogP contribution is 2.18. The van der Waals surface area contributed by atoms with Gasteiger partial charge in [0.2, 0.25) is 6.29 Å². The lowest BCUT2D eigenvalue weighted by Crippen LogP contribution is -2.26. The van der Waals surface area contributed by atoms with E-state index in [0.29, 0.717) is 0 Å². The van der Waals surface area contributed by atoms with Gasteiger partial charge in [0.1, 0.15) is 18.5 Å². The highest BCUT2D eigenvalue weighted by atomic mass is 17.0. The summed E-state index contributed by atoms with van der Waals surface area (Å²) in [6.45, 7) is 0.523. The van der Waals surface area contributed by atoms with Crippen molar-refractivity contribution in [1.29, 1.82) is 0 Å². The largest absolute Gasteiger partial charge is 0.516 e. The zero-order valence-corrected chi connectivity index (χ0v) is 15.9. The molecule has 1 aromatic rings. The number of esters is 1. The van der Waals surface area contributed by atoms with E-state index in [1.807, 2.05) is 0 Å². The number of non-ortho nitro benzene ring substituents is 1. The van der Waals surface area contributed by atoms with E-state index in [1.54, 1.807) is 0 Å². The van der Waals surface area contributed by atoms with Crippen molar-refractivity contribution in [2.75, 3.05) is 6.61 Å². The molecular formula is C15H17N3O13. The minimum Gasteiger partial charge on any atom is -0.425 e. The summed E-state index contributed by atoms with van der Waals surface area (Å²) in [6.07, 6.45) is -4.23. The number of carbonyl (C=O) groups excluding carboxylic acids is 2. The Labute approximate surface area is 172 Å². The van der Waals surface area contributed by atoms with E-state index in [0.717, 1.165) is 12.1 Å². The van der Waals surface area contributed by atoms with Crippen LogP contribution in [0.15, 0.2) is 24.3 Å². The van der Waals surface area contributed by atoms with Crippen LogP contribution in [-0.2, 0) is 23.9 Å². The van der Waals surface area contributed by atoms with Crippen LogP contribution in [0.4, 0.5) is 10.5 Å². The highest BCUT2D eigenvalue weighted by Gasteiger charge is 2.19. The molecule has 31 heavy (non-hydrogen) atoms. The van der Waals surface area contributed by atoms with Gasteiger partial charge < -0.3 is 23.9 Å². The monoisotopic (exact) mass is 447 g/mol. The predicted molar refractivity (Wildman–Crippen MR) is 94.4 cm³/mol. The number of hydrogen-bond donors (Lipinski definition) is 0. The van der Waals surface area contributed by atoms with Crippen LogP contribution in [0.25, 0.3) is 0 Å². The van der Waals surface area contributed by atoms with Gasteiger partial charge in [-0.25, -0.2) is 4.79 Å². The van der Waals surface area contributed by atoms with Crippen molar-refractivity contribution < 1.29 is 48.6 Å². The molecule has 0 bridgehead atoms. The number of benzene rings is 1. The lowest BCUT2D eigenvalue weighted by Gasteiger charge is -2.15. The summed E-state index contributed by atoms with van der Waals surface area (Å²) < 4.78 is 14.3. The molecule has 0 radical (unpaired) electrons. The van der Waals surface area contributed by atoms with Crippen molar-refractivity contribution in [2.24, 2.45) is 0 Å². The highest BCUT2D eigenvalue weighted by molar-refractivity contribution is 5.70. The Morgan fingerprint density at radius 3 is 2.19 bits per heavy atom. The SMILES string of the molecule is CC(OC(=O)CCCC(CO[N+](=O)[O-])O[N+](=O)[O-])OC(=O)Oc1ccc([N+](=O)[O-])cc1. The maximum absolute atomic E-state index is 11.7. The van der Waals surface area contributed by atoms with Gasteiger partial charge in [0.15, 0.2) is 0 Å². The Kier molecular flexibility index (Phi) is 9.88. The molecule has 170 valence electrons. The van der Waals surface area contributed by atoms with Gasteiger partial charge >= 0.3 is 12.1 Å². The predicted octanol–water partition coefficient (Wildman–Crippen LogP) is 1.95. The molecule has 0 N–H and O–H groups in total. The van der Waals surface area contributed by atoms with Gasteiger partial charge in [0, 0.05) is 25.5 Å². The van der Waals surface area contributed by atoms with Gasteiger partial charge in [0.25, 0.3) is 15.9 Å². The smallest absolute Gasteiger partial charge is 0.425 e. The van der Waals surface area contributed by atoms with E-state index < -0.39 is 46.2 Å². The minimum atomic E-state index is -1.35. The first-order chi connectivity index (χ1) is 14.6. The first kappa shape index (κ1) is 24.8. The van der Waals surface area contributed by atoms with Gasteiger partial charge in [-0.15, -0.1) is 20.2 Å². The first-order valence-corrected chi connectivity index (χ1v) is 8.47. The van der Waals surface area contributed by atoms with Gasteiger partial charge in [-0.2, -0.15) is 0 Å². The third-order valence-electron chi connectivity index (χ3n) is 3.32. The number of carbonyl (C=O) groups is 2. The number of nitro benzene ring substituents is 1. The van der Waals surface area contributed by atoms with Crippen LogP contribution in [0.5, 0.6) is 5.75 Å². The number of ether oxygens (including phenoxy) is 3. The van der Waals surface area contributed by atoms with E-state index in [-0.39, 0.29) is 30.7 Å². The van der Waals surface area contributed by atoms with Crippen molar-refractivity contribution >= 4 is 17.8 Å².